The highest BCUT2D eigenvalue weighted by atomic mass is 32.2. The Kier molecular flexibility index (Phi) is 3.84. The van der Waals surface area contributed by atoms with Gasteiger partial charge in [-0.15, -0.1) is 0 Å². The summed E-state index contributed by atoms with van der Waals surface area (Å²) >= 11 is 0. The van der Waals surface area contributed by atoms with E-state index >= 15 is 0 Å². The predicted molar refractivity (Wildman–Crippen MR) is 103 cm³/mol. The topological polar surface area (TPSA) is 63.2 Å². The van der Waals surface area contributed by atoms with Crippen LogP contribution in [-0.2, 0) is 16.4 Å². The molecular weight excluding hydrogens is 358 g/mol. The third-order valence-electron chi connectivity index (χ3n) is 5.58. The molecular formula is C21H19N3O2S. The van der Waals surface area contributed by atoms with Gasteiger partial charge in [0.2, 0.25) is 0 Å². The fraction of sp³-hybridized carbons (Fsp3) is 0.238. The van der Waals surface area contributed by atoms with Gasteiger partial charge in [-0.3, -0.25) is 14.9 Å². The summed E-state index contributed by atoms with van der Waals surface area (Å²) in [4.78, 5) is 11.1. The van der Waals surface area contributed by atoms with E-state index in [-0.39, 0.29) is 11.2 Å². The van der Waals surface area contributed by atoms with Crippen LogP contribution < -0.4 is 0 Å². The molecule has 2 aliphatic heterocycles. The summed E-state index contributed by atoms with van der Waals surface area (Å²) in [5.41, 5.74) is 4.09. The third kappa shape index (κ3) is 2.76. The van der Waals surface area contributed by atoms with Crippen molar-refractivity contribution in [2.45, 2.75) is 22.6 Å². The first-order valence-electron chi connectivity index (χ1n) is 9.02. The molecule has 2 aliphatic rings. The molecule has 0 radical (unpaired) electrons. The van der Waals surface area contributed by atoms with Crippen molar-refractivity contribution in [3.63, 3.8) is 0 Å². The van der Waals surface area contributed by atoms with Crippen LogP contribution in [0.5, 0.6) is 0 Å². The molecule has 0 unspecified atom stereocenters. The van der Waals surface area contributed by atoms with Gasteiger partial charge in [-0.1, -0.05) is 18.2 Å². The van der Waals surface area contributed by atoms with Crippen LogP contribution in [-0.4, -0.2) is 41.6 Å². The van der Waals surface area contributed by atoms with Crippen LogP contribution in [0.25, 0.3) is 11.1 Å². The lowest BCUT2D eigenvalue weighted by molar-refractivity contribution is 0.325. The van der Waals surface area contributed by atoms with Crippen molar-refractivity contribution in [1.82, 2.24) is 14.9 Å². The molecule has 5 nitrogen and oxygen atoms in total. The molecule has 0 saturated carbocycles. The van der Waals surface area contributed by atoms with Gasteiger partial charge in [-0.25, -0.2) is 8.42 Å². The Labute approximate surface area is 158 Å². The molecule has 2 aromatic heterocycles. The maximum absolute atomic E-state index is 13.1. The van der Waals surface area contributed by atoms with Crippen molar-refractivity contribution in [1.29, 1.82) is 0 Å². The van der Waals surface area contributed by atoms with Gasteiger partial charge in [0.15, 0.2) is 9.84 Å². The molecule has 0 amide bonds. The largest absolute Gasteiger partial charge is 0.297 e. The quantitative estimate of drug-likeness (QED) is 0.702. The Morgan fingerprint density at radius 2 is 1.78 bits per heavy atom. The van der Waals surface area contributed by atoms with Crippen LogP contribution in [0.1, 0.15) is 17.0 Å². The number of likely N-dealkylation sites (tertiary alicyclic amines) is 1. The Morgan fingerprint density at radius 1 is 0.963 bits per heavy atom. The fourth-order valence-corrected chi connectivity index (χ4v) is 6.51. The Hall–Kier alpha value is -2.57. The monoisotopic (exact) mass is 377 g/mol. The maximum Gasteiger partial charge on any atom is 0.183 e. The number of pyridine rings is 2. The molecule has 1 aromatic carbocycles. The van der Waals surface area contributed by atoms with E-state index in [4.69, 9.17) is 0 Å². The lowest BCUT2D eigenvalue weighted by Crippen LogP contribution is -2.25. The molecule has 0 aliphatic carbocycles. The number of nitrogens with zero attached hydrogens (tertiary/aromatic N) is 3. The van der Waals surface area contributed by atoms with Gasteiger partial charge in [-0.05, 0) is 46.5 Å². The first-order valence-corrected chi connectivity index (χ1v) is 10.6. The highest BCUT2D eigenvalue weighted by molar-refractivity contribution is 7.92. The lowest BCUT2D eigenvalue weighted by Gasteiger charge is -2.17. The van der Waals surface area contributed by atoms with Gasteiger partial charge in [0.05, 0.1) is 10.1 Å². The Balaban J connectivity index is 1.49. The first kappa shape index (κ1) is 16.6. The summed E-state index contributed by atoms with van der Waals surface area (Å²) in [7, 11) is -3.28. The number of aromatic nitrogens is 2. The molecule has 4 heterocycles. The van der Waals surface area contributed by atoms with E-state index in [1.54, 1.807) is 18.5 Å². The number of rotatable bonds is 3. The summed E-state index contributed by atoms with van der Waals surface area (Å²) in [6, 6.07) is 13.6. The lowest BCUT2D eigenvalue weighted by atomic mass is 9.95. The number of sulfone groups is 1. The molecule has 1 fully saturated rings. The summed E-state index contributed by atoms with van der Waals surface area (Å²) < 4.78 is 26.1. The Morgan fingerprint density at radius 3 is 2.52 bits per heavy atom. The molecule has 3 aromatic rings. The number of hydrogen-bond donors (Lipinski definition) is 0. The van der Waals surface area contributed by atoms with Crippen molar-refractivity contribution in [3.05, 3.63) is 78.4 Å². The molecule has 6 heteroatoms. The predicted octanol–water partition coefficient (Wildman–Crippen LogP) is 2.90. The zero-order valence-electron chi connectivity index (χ0n) is 14.7. The summed E-state index contributed by atoms with van der Waals surface area (Å²) in [6.45, 7) is 2.05. The molecule has 2 atom stereocenters. The molecule has 5 rings (SSSR count). The van der Waals surface area contributed by atoms with Gasteiger partial charge in [-0.2, -0.15) is 0 Å². The highest BCUT2D eigenvalue weighted by Crippen LogP contribution is 2.46. The molecule has 0 N–H and O–H groups in total. The van der Waals surface area contributed by atoms with E-state index in [9.17, 15) is 8.42 Å². The molecule has 136 valence electrons. The van der Waals surface area contributed by atoms with E-state index in [2.05, 4.69) is 14.9 Å². The second kappa shape index (κ2) is 6.25. The van der Waals surface area contributed by atoms with E-state index < -0.39 is 9.84 Å². The van der Waals surface area contributed by atoms with Crippen LogP contribution in [0, 0.1) is 0 Å². The number of fused-ring (bicyclic) bond motifs is 3. The Bertz CT molecular complexity index is 1080. The van der Waals surface area contributed by atoms with E-state index in [1.165, 1.54) is 0 Å². The smallest absolute Gasteiger partial charge is 0.183 e. The van der Waals surface area contributed by atoms with Crippen LogP contribution in [0.15, 0.2) is 72.1 Å². The first-order chi connectivity index (χ1) is 13.1. The molecule has 1 saturated heterocycles. The summed E-state index contributed by atoms with van der Waals surface area (Å²) in [5, 5.41) is -0.353. The van der Waals surface area contributed by atoms with E-state index in [0.29, 0.717) is 11.4 Å². The maximum atomic E-state index is 13.1. The number of benzene rings is 1. The second-order valence-corrected chi connectivity index (χ2v) is 9.37. The van der Waals surface area contributed by atoms with Crippen LogP contribution in [0.4, 0.5) is 0 Å². The zero-order chi connectivity index (χ0) is 18.4. The summed E-state index contributed by atoms with van der Waals surface area (Å²) in [6.07, 6.45) is 7.15. The van der Waals surface area contributed by atoms with Crippen LogP contribution in [0.3, 0.4) is 0 Å². The average Bonchev–Trinajstić information content (AvgIpc) is 3.21. The third-order valence-corrected chi connectivity index (χ3v) is 7.84. The van der Waals surface area contributed by atoms with E-state index in [1.807, 2.05) is 48.8 Å². The van der Waals surface area contributed by atoms with Gasteiger partial charge >= 0.3 is 0 Å². The SMILES string of the molecule is O=S1(=O)c2ccc(-c3cccnc3)cc2[C@@H]2CN(Cc3cccnc3)C[C@H]21. The highest BCUT2D eigenvalue weighted by Gasteiger charge is 2.50. The van der Waals surface area contributed by atoms with Crippen molar-refractivity contribution < 1.29 is 8.42 Å². The molecule has 0 spiro atoms. The second-order valence-electron chi connectivity index (χ2n) is 7.24. The average molecular weight is 377 g/mol. The van der Waals surface area contributed by atoms with Crippen molar-refractivity contribution >= 4 is 9.84 Å². The van der Waals surface area contributed by atoms with Gasteiger partial charge < -0.3 is 0 Å². The molecule has 27 heavy (non-hydrogen) atoms. The zero-order valence-corrected chi connectivity index (χ0v) is 15.5. The van der Waals surface area contributed by atoms with Gasteiger partial charge in [0.25, 0.3) is 0 Å². The van der Waals surface area contributed by atoms with Gasteiger partial charge in [0.1, 0.15) is 0 Å². The fourth-order valence-electron chi connectivity index (χ4n) is 4.32. The van der Waals surface area contributed by atoms with Crippen molar-refractivity contribution in [2.24, 2.45) is 0 Å². The van der Waals surface area contributed by atoms with Crippen LogP contribution >= 0.6 is 0 Å². The van der Waals surface area contributed by atoms with E-state index in [0.717, 1.165) is 35.3 Å². The minimum atomic E-state index is -3.28. The summed E-state index contributed by atoms with van der Waals surface area (Å²) in [5.74, 6) is 0.0262. The van der Waals surface area contributed by atoms with Crippen molar-refractivity contribution in [3.8, 4) is 11.1 Å². The molecule has 0 bridgehead atoms. The number of hydrogen-bond acceptors (Lipinski definition) is 5. The minimum absolute atomic E-state index is 0.0262. The van der Waals surface area contributed by atoms with Crippen LogP contribution in [0.2, 0.25) is 0 Å². The normalized spacial score (nSPS) is 23.1. The van der Waals surface area contributed by atoms with Gasteiger partial charge in [0, 0.05) is 50.3 Å². The van der Waals surface area contributed by atoms with Crippen molar-refractivity contribution in [2.75, 3.05) is 13.1 Å². The minimum Gasteiger partial charge on any atom is -0.297 e. The standard InChI is InChI=1S/C21H19N3O2S/c25-27(26)20-6-5-16(17-4-2-8-23-11-17)9-18(20)19-13-24(14-21(19)27)12-15-3-1-7-22-10-15/h1-11,19,21H,12-14H2/t19-,21+/m0/s1.